The summed E-state index contributed by atoms with van der Waals surface area (Å²) in [7, 11) is 2.97. The third-order valence-corrected chi connectivity index (χ3v) is 6.08. The van der Waals surface area contributed by atoms with Crippen molar-refractivity contribution < 1.29 is 32.5 Å². The number of amides is 1. The predicted molar refractivity (Wildman–Crippen MR) is 124 cm³/mol. The lowest BCUT2D eigenvalue weighted by molar-refractivity contribution is -0.0502. The Labute approximate surface area is 200 Å². The lowest BCUT2D eigenvalue weighted by Gasteiger charge is -2.18. The summed E-state index contributed by atoms with van der Waals surface area (Å²) >= 11 is 0. The van der Waals surface area contributed by atoms with E-state index < -0.39 is 12.5 Å². The Morgan fingerprint density at radius 1 is 1.17 bits per heavy atom. The lowest BCUT2D eigenvalue weighted by Crippen LogP contribution is -2.26. The SMILES string of the molecule is COc1cn2c(-c3cc(OC)c(C(=O)NC4CC4)c(OC(F)F)c3)cnc2cc1C1=CCOCC1. The van der Waals surface area contributed by atoms with Crippen molar-refractivity contribution in [3.05, 3.63) is 47.8 Å². The minimum atomic E-state index is -3.11. The van der Waals surface area contributed by atoms with Crippen LogP contribution in [0.25, 0.3) is 22.5 Å². The van der Waals surface area contributed by atoms with E-state index in [1.807, 2.05) is 12.1 Å². The number of aromatic nitrogens is 2. The first-order valence-electron chi connectivity index (χ1n) is 11.3. The maximum absolute atomic E-state index is 13.3. The number of carbonyl (C=O) groups is 1. The summed E-state index contributed by atoms with van der Waals surface area (Å²) in [4.78, 5) is 17.3. The van der Waals surface area contributed by atoms with Gasteiger partial charge in [-0.3, -0.25) is 9.20 Å². The van der Waals surface area contributed by atoms with Crippen LogP contribution >= 0.6 is 0 Å². The van der Waals surface area contributed by atoms with E-state index in [-0.39, 0.29) is 23.1 Å². The number of imidazole rings is 1. The number of carbonyl (C=O) groups excluding carboxylic acids is 1. The number of methoxy groups -OCH3 is 2. The number of benzene rings is 1. The summed E-state index contributed by atoms with van der Waals surface area (Å²) < 4.78 is 49.6. The van der Waals surface area contributed by atoms with Crippen LogP contribution in [-0.4, -0.2) is 55.4 Å². The zero-order chi connectivity index (χ0) is 24.5. The molecule has 0 saturated heterocycles. The lowest BCUT2D eigenvalue weighted by atomic mass is 10.0. The minimum Gasteiger partial charge on any atom is -0.496 e. The third-order valence-electron chi connectivity index (χ3n) is 6.08. The van der Waals surface area contributed by atoms with Crippen molar-refractivity contribution in [1.29, 1.82) is 0 Å². The summed E-state index contributed by atoms with van der Waals surface area (Å²) in [6.07, 6.45) is 7.92. The predicted octanol–water partition coefficient (Wildman–Crippen LogP) is 4.32. The number of hydrogen-bond donors (Lipinski definition) is 1. The molecule has 1 aliphatic carbocycles. The molecule has 0 bridgehead atoms. The average Bonchev–Trinajstić information content (AvgIpc) is 3.58. The van der Waals surface area contributed by atoms with E-state index in [1.165, 1.54) is 13.2 Å². The highest BCUT2D eigenvalue weighted by molar-refractivity contribution is 6.01. The fourth-order valence-corrected chi connectivity index (χ4v) is 4.20. The first-order valence-corrected chi connectivity index (χ1v) is 11.3. The second kappa shape index (κ2) is 9.53. The molecule has 3 aromatic rings. The van der Waals surface area contributed by atoms with Gasteiger partial charge in [0.15, 0.2) is 0 Å². The van der Waals surface area contributed by atoms with E-state index in [2.05, 4.69) is 10.3 Å². The van der Waals surface area contributed by atoms with Gasteiger partial charge in [-0.15, -0.1) is 0 Å². The Morgan fingerprint density at radius 3 is 2.60 bits per heavy atom. The molecule has 1 saturated carbocycles. The van der Waals surface area contributed by atoms with Crippen LogP contribution in [0, 0.1) is 0 Å². The second-order valence-corrected chi connectivity index (χ2v) is 8.36. The summed E-state index contributed by atoms with van der Waals surface area (Å²) in [5.74, 6) is -0.0114. The monoisotopic (exact) mass is 485 g/mol. The summed E-state index contributed by atoms with van der Waals surface area (Å²) in [6, 6.07) is 4.98. The Morgan fingerprint density at radius 2 is 1.94 bits per heavy atom. The van der Waals surface area contributed by atoms with Crippen LogP contribution in [0.3, 0.4) is 0 Å². The summed E-state index contributed by atoms with van der Waals surface area (Å²) in [5, 5.41) is 2.80. The normalized spacial score (nSPS) is 15.7. The Bertz CT molecular complexity index is 1300. The fraction of sp³-hybridized carbons (Fsp3) is 0.360. The number of ether oxygens (including phenoxy) is 4. The molecule has 1 amide bonds. The topological polar surface area (TPSA) is 83.3 Å². The first kappa shape index (κ1) is 23.1. The van der Waals surface area contributed by atoms with E-state index in [0.29, 0.717) is 35.9 Å². The number of alkyl halides is 2. The Balaban J connectivity index is 1.61. The molecule has 10 heteroatoms. The molecule has 184 valence electrons. The molecule has 1 aromatic carbocycles. The minimum absolute atomic E-state index is 0.0394. The third kappa shape index (κ3) is 4.66. The van der Waals surface area contributed by atoms with Crippen LogP contribution < -0.4 is 19.5 Å². The van der Waals surface area contributed by atoms with Gasteiger partial charge in [-0.1, -0.05) is 6.08 Å². The number of nitrogens with zero attached hydrogens (tertiary/aromatic N) is 2. The van der Waals surface area contributed by atoms with Crippen molar-refractivity contribution in [2.75, 3.05) is 27.4 Å². The Hall–Kier alpha value is -3.66. The molecular formula is C25H25F2N3O5. The molecule has 5 rings (SSSR count). The van der Waals surface area contributed by atoms with Crippen molar-refractivity contribution in [3.8, 4) is 28.5 Å². The standard InChI is InChI=1S/C25H25F2N3O5/c1-32-19-9-15(10-20(35-25(26)27)23(19)24(31)29-16-3-4-16)18-12-28-22-11-17(14-5-7-34-8-6-14)21(33-2)13-30(18)22/h5,9-13,16,25H,3-4,6-8H2,1-2H3,(H,29,31). The first-order chi connectivity index (χ1) is 17.0. The number of hydrogen-bond acceptors (Lipinski definition) is 6. The average molecular weight is 485 g/mol. The maximum Gasteiger partial charge on any atom is 0.387 e. The zero-order valence-electron chi connectivity index (χ0n) is 19.3. The van der Waals surface area contributed by atoms with Gasteiger partial charge < -0.3 is 24.3 Å². The molecule has 0 unspecified atom stereocenters. The highest BCUT2D eigenvalue weighted by Gasteiger charge is 2.29. The molecule has 0 atom stereocenters. The van der Waals surface area contributed by atoms with Gasteiger partial charge in [0.1, 0.15) is 28.5 Å². The van der Waals surface area contributed by atoms with E-state index in [9.17, 15) is 13.6 Å². The summed E-state index contributed by atoms with van der Waals surface area (Å²) in [6.45, 7) is -1.94. The largest absolute Gasteiger partial charge is 0.496 e. The smallest absolute Gasteiger partial charge is 0.387 e. The van der Waals surface area contributed by atoms with E-state index >= 15 is 0 Å². The van der Waals surface area contributed by atoms with Crippen molar-refractivity contribution in [2.24, 2.45) is 0 Å². The van der Waals surface area contributed by atoms with Crippen LogP contribution in [0.4, 0.5) is 8.78 Å². The van der Waals surface area contributed by atoms with Gasteiger partial charge in [0, 0.05) is 17.2 Å². The van der Waals surface area contributed by atoms with Gasteiger partial charge in [-0.05, 0) is 43.0 Å². The molecule has 2 aromatic heterocycles. The van der Waals surface area contributed by atoms with Crippen molar-refractivity contribution in [1.82, 2.24) is 14.7 Å². The zero-order valence-corrected chi connectivity index (χ0v) is 19.3. The van der Waals surface area contributed by atoms with Crippen molar-refractivity contribution in [2.45, 2.75) is 31.9 Å². The quantitative estimate of drug-likeness (QED) is 0.512. The number of nitrogens with one attached hydrogen (secondary N) is 1. The second-order valence-electron chi connectivity index (χ2n) is 8.36. The van der Waals surface area contributed by atoms with Gasteiger partial charge in [0.2, 0.25) is 0 Å². The maximum atomic E-state index is 13.3. The van der Waals surface area contributed by atoms with Crippen LogP contribution in [-0.2, 0) is 4.74 Å². The molecule has 0 spiro atoms. The molecule has 1 fully saturated rings. The van der Waals surface area contributed by atoms with Gasteiger partial charge in [0.05, 0.1) is 45.5 Å². The highest BCUT2D eigenvalue weighted by atomic mass is 19.3. The van der Waals surface area contributed by atoms with Crippen molar-refractivity contribution >= 4 is 17.1 Å². The molecule has 8 nitrogen and oxygen atoms in total. The van der Waals surface area contributed by atoms with Gasteiger partial charge in [-0.25, -0.2) is 4.98 Å². The number of halogens is 2. The molecule has 3 heterocycles. The van der Waals surface area contributed by atoms with Gasteiger partial charge in [0.25, 0.3) is 5.91 Å². The van der Waals surface area contributed by atoms with Crippen LogP contribution in [0.2, 0.25) is 0 Å². The molecule has 1 N–H and O–H groups in total. The van der Waals surface area contributed by atoms with Gasteiger partial charge >= 0.3 is 6.61 Å². The van der Waals surface area contributed by atoms with Crippen LogP contribution in [0.15, 0.2) is 36.7 Å². The van der Waals surface area contributed by atoms with Crippen molar-refractivity contribution in [3.63, 3.8) is 0 Å². The van der Waals surface area contributed by atoms with E-state index in [4.69, 9.17) is 18.9 Å². The van der Waals surface area contributed by atoms with Crippen LogP contribution in [0.5, 0.6) is 17.2 Å². The number of fused-ring (bicyclic) bond motifs is 1. The Kier molecular flexibility index (Phi) is 6.29. The van der Waals surface area contributed by atoms with Gasteiger partial charge in [-0.2, -0.15) is 8.78 Å². The molecule has 1 aliphatic heterocycles. The molecule has 35 heavy (non-hydrogen) atoms. The van der Waals surface area contributed by atoms with Crippen LogP contribution in [0.1, 0.15) is 35.2 Å². The number of pyridine rings is 1. The van der Waals surface area contributed by atoms with E-state index in [0.717, 1.165) is 30.4 Å². The summed E-state index contributed by atoms with van der Waals surface area (Å²) in [5.41, 5.74) is 3.70. The molecule has 2 aliphatic rings. The number of rotatable bonds is 8. The highest BCUT2D eigenvalue weighted by Crippen LogP contribution is 2.38. The fourth-order valence-electron chi connectivity index (χ4n) is 4.20. The van der Waals surface area contributed by atoms with E-state index in [1.54, 1.807) is 30.0 Å². The molecular weight excluding hydrogens is 460 g/mol. The molecule has 0 radical (unpaired) electrons.